The quantitative estimate of drug-likeness (QED) is 0.588. The van der Waals surface area contributed by atoms with Crippen molar-refractivity contribution in [3.8, 4) is 0 Å². The Bertz CT molecular complexity index is 91.7. The second-order valence-corrected chi connectivity index (χ2v) is 2.20. The third-order valence-electron chi connectivity index (χ3n) is 1.20. The Kier molecular flexibility index (Phi) is 14.2. The number of aldehydes is 1. The van der Waals surface area contributed by atoms with E-state index in [2.05, 4.69) is 0 Å². The van der Waals surface area contributed by atoms with E-state index in [1.54, 1.807) is 0 Å². The molecule has 2 nitrogen and oxygen atoms in total. The molecule has 0 aromatic heterocycles. The lowest BCUT2D eigenvalue weighted by Crippen LogP contribution is -1.88. The van der Waals surface area contributed by atoms with E-state index >= 15 is 0 Å². The van der Waals surface area contributed by atoms with Crippen LogP contribution in [0.3, 0.4) is 0 Å². The minimum atomic E-state index is 0.343. The van der Waals surface area contributed by atoms with Crippen LogP contribution in [0, 0.1) is 0 Å². The zero-order chi connectivity index (χ0) is 9.11. The Balaban J connectivity index is 0. The molecule has 2 heteroatoms. The van der Waals surface area contributed by atoms with Crippen LogP contribution in [0.5, 0.6) is 0 Å². The predicted octanol–water partition coefficient (Wildman–Crippen LogP) is 2.36. The standard InChI is InChI=1S/C5H10O.C4H8O/c1-3-5(6)4-2;1-2-3-4-5/h3-4H2,1-2H3;4H,2-3H2,1H3. The highest BCUT2D eigenvalue weighted by molar-refractivity contribution is 5.77. The van der Waals surface area contributed by atoms with Crippen molar-refractivity contribution >= 4 is 12.1 Å². The first-order valence-electron chi connectivity index (χ1n) is 4.18. The van der Waals surface area contributed by atoms with E-state index in [0.717, 1.165) is 12.7 Å². The minimum absolute atomic E-state index is 0.343. The fourth-order valence-electron chi connectivity index (χ4n) is 0.368. The summed E-state index contributed by atoms with van der Waals surface area (Å²) in [6, 6.07) is 0. The van der Waals surface area contributed by atoms with Gasteiger partial charge in [0, 0.05) is 19.3 Å². The molecule has 66 valence electrons. The molecule has 0 amide bonds. The molecule has 0 aliphatic heterocycles. The number of hydrogen-bond acceptors (Lipinski definition) is 2. The van der Waals surface area contributed by atoms with Crippen LogP contribution in [0.4, 0.5) is 0 Å². The van der Waals surface area contributed by atoms with Crippen molar-refractivity contribution in [2.75, 3.05) is 0 Å². The van der Waals surface area contributed by atoms with Crippen LogP contribution in [0.15, 0.2) is 0 Å². The highest BCUT2D eigenvalue weighted by Crippen LogP contribution is 1.83. The van der Waals surface area contributed by atoms with Crippen LogP contribution >= 0.6 is 0 Å². The van der Waals surface area contributed by atoms with Crippen LogP contribution in [-0.2, 0) is 9.59 Å². The lowest BCUT2D eigenvalue weighted by atomic mass is 10.3. The van der Waals surface area contributed by atoms with E-state index in [1.165, 1.54) is 0 Å². The molecule has 0 aliphatic rings. The molecule has 0 atom stereocenters. The third-order valence-corrected chi connectivity index (χ3v) is 1.20. The van der Waals surface area contributed by atoms with Crippen LogP contribution in [0.1, 0.15) is 46.5 Å². The summed E-state index contributed by atoms with van der Waals surface area (Å²) in [5.74, 6) is 0.343. The first-order chi connectivity index (χ1) is 5.22. The number of ketones is 1. The van der Waals surface area contributed by atoms with Crippen molar-refractivity contribution in [3.05, 3.63) is 0 Å². The lowest BCUT2D eigenvalue weighted by molar-refractivity contribution is -0.118. The van der Waals surface area contributed by atoms with Crippen LogP contribution in [-0.4, -0.2) is 12.1 Å². The zero-order valence-corrected chi connectivity index (χ0v) is 7.72. The summed E-state index contributed by atoms with van der Waals surface area (Å²) in [5, 5.41) is 0. The van der Waals surface area contributed by atoms with E-state index in [-0.39, 0.29) is 0 Å². The van der Waals surface area contributed by atoms with Gasteiger partial charge in [-0.05, 0) is 6.42 Å². The first-order valence-corrected chi connectivity index (χ1v) is 4.18. The second kappa shape index (κ2) is 12.1. The fraction of sp³-hybridized carbons (Fsp3) is 0.778. The average Bonchev–Trinajstić information content (AvgIpc) is 2.06. The van der Waals surface area contributed by atoms with Gasteiger partial charge in [0.15, 0.2) is 0 Å². The summed E-state index contributed by atoms with van der Waals surface area (Å²) in [4.78, 5) is 19.6. The summed E-state index contributed by atoms with van der Waals surface area (Å²) in [5.41, 5.74) is 0. The smallest absolute Gasteiger partial charge is 0.132 e. The maximum absolute atomic E-state index is 10.2. The molecule has 0 saturated carbocycles. The zero-order valence-electron chi connectivity index (χ0n) is 7.72. The third kappa shape index (κ3) is 17.6. The summed E-state index contributed by atoms with van der Waals surface area (Å²) in [6.45, 7) is 5.74. The van der Waals surface area contributed by atoms with Gasteiger partial charge in [-0.1, -0.05) is 20.8 Å². The monoisotopic (exact) mass is 158 g/mol. The molecule has 0 saturated heterocycles. The number of Topliss-reactive ketones (excluding diaryl/α,β-unsaturated/α-hetero) is 1. The molecule has 0 aliphatic carbocycles. The molecular weight excluding hydrogens is 140 g/mol. The van der Waals surface area contributed by atoms with Crippen molar-refractivity contribution in [3.63, 3.8) is 0 Å². The molecule has 0 radical (unpaired) electrons. The van der Waals surface area contributed by atoms with Gasteiger partial charge in [0.05, 0.1) is 0 Å². The number of hydrogen-bond donors (Lipinski definition) is 0. The predicted molar refractivity (Wildman–Crippen MR) is 46.6 cm³/mol. The molecule has 0 spiro atoms. The van der Waals surface area contributed by atoms with Gasteiger partial charge in [-0.3, -0.25) is 4.79 Å². The van der Waals surface area contributed by atoms with Crippen molar-refractivity contribution < 1.29 is 9.59 Å². The lowest BCUT2D eigenvalue weighted by Gasteiger charge is -1.81. The summed E-state index contributed by atoms with van der Waals surface area (Å²) >= 11 is 0. The van der Waals surface area contributed by atoms with Crippen LogP contribution in [0.25, 0.3) is 0 Å². The molecule has 0 unspecified atom stereocenters. The fourth-order valence-corrected chi connectivity index (χ4v) is 0.368. The van der Waals surface area contributed by atoms with Crippen molar-refractivity contribution in [1.29, 1.82) is 0 Å². The first kappa shape index (κ1) is 13.0. The minimum Gasteiger partial charge on any atom is -0.303 e. The Morgan fingerprint density at radius 1 is 1.18 bits per heavy atom. The number of rotatable bonds is 4. The molecule has 0 fully saturated rings. The molecule has 0 bridgehead atoms. The number of carbonyl (C=O) groups is 2. The van der Waals surface area contributed by atoms with E-state index in [9.17, 15) is 9.59 Å². The molecule has 0 rings (SSSR count). The van der Waals surface area contributed by atoms with Gasteiger partial charge in [-0.15, -0.1) is 0 Å². The molecular formula is C9H18O2. The normalized spacial score (nSPS) is 7.91. The Hall–Kier alpha value is -0.660. The highest BCUT2D eigenvalue weighted by Gasteiger charge is 1.86. The summed E-state index contributed by atoms with van der Waals surface area (Å²) < 4.78 is 0. The SMILES string of the molecule is CCC(=O)CC.CCCC=O. The van der Waals surface area contributed by atoms with E-state index in [0.29, 0.717) is 25.0 Å². The van der Waals surface area contributed by atoms with Gasteiger partial charge in [-0.2, -0.15) is 0 Å². The van der Waals surface area contributed by atoms with Crippen molar-refractivity contribution in [1.82, 2.24) is 0 Å². The summed E-state index contributed by atoms with van der Waals surface area (Å²) in [6.07, 6.45) is 4.00. The Labute approximate surface area is 69.0 Å². The van der Waals surface area contributed by atoms with Gasteiger partial charge in [-0.25, -0.2) is 0 Å². The topological polar surface area (TPSA) is 34.1 Å². The van der Waals surface area contributed by atoms with E-state index in [1.807, 2.05) is 20.8 Å². The van der Waals surface area contributed by atoms with Gasteiger partial charge in [0.25, 0.3) is 0 Å². The largest absolute Gasteiger partial charge is 0.303 e. The van der Waals surface area contributed by atoms with Gasteiger partial charge in [0.2, 0.25) is 0 Å². The van der Waals surface area contributed by atoms with Crippen molar-refractivity contribution in [2.24, 2.45) is 0 Å². The molecule has 0 N–H and O–H groups in total. The number of unbranched alkanes of at least 4 members (excludes halogenated alkanes) is 1. The Morgan fingerprint density at radius 3 is 1.64 bits per heavy atom. The van der Waals surface area contributed by atoms with Gasteiger partial charge in [0.1, 0.15) is 12.1 Å². The highest BCUT2D eigenvalue weighted by atomic mass is 16.1. The average molecular weight is 158 g/mol. The van der Waals surface area contributed by atoms with Crippen LogP contribution < -0.4 is 0 Å². The van der Waals surface area contributed by atoms with Crippen LogP contribution in [0.2, 0.25) is 0 Å². The van der Waals surface area contributed by atoms with Gasteiger partial charge >= 0.3 is 0 Å². The maximum Gasteiger partial charge on any atom is 0.132 e. The maximum atomic E-state index is 10.2. The van der Waals surface area contributed by atoms with Gasteiger partial charge < -0.3 is 4.79 Å². The van der Waals surface area contributed by atoms with E-state index in [4.69, 9.17) is 0 Å². The Morgan fingerprint density at radius 2 is 1.64 bits per heavy atom. The molecule has 0 heterocycles. The van der Waals surface area contributed by atoms with Crippen molar-refractivity contribution in [2.45, 2.75) is 46.5 Å². The second-order valence-electron chi connectivity index (χ2n) is 2.20. The van der Waals surface area contributed by atoms with E-state index < -0.39 is 0 Å². The summed E-state index contributed by atoms with van der Waals surface area (Å²) in [7, 11) is 0. The number of carbonyl (C=O) groups excluding carboxylic acids is 2. The molecule has 0 aromatic rings. The molecule has 11 heavy (non-hydrogen) atoms. The molecule has 0 aromatic carbocycles.